The van der Waals surface area contributed by atoms with Gasteiger partial charge in [-0.1, -0.05) is 18.2 Å². The first-order valence-corrected chi connectivity index (χ1v) is 6.49. The molecule has 0 fully saturated rings. The molecular weight excluding hydrogens is 293 g/mol. The second-order valence-electron chi connectivity index (χ2n) is 4.96. The van der Waals surface area contributed by atoms with Gasteiger partial charge in [-0.25, -0.2) is 0 Å². The maximum Gasteiger partial charge on any atom is 0.416 e. The van der Waals surface area contributed by atoms with E-state index in [2.05, 4.69) is 10.2 Å². The average Bonchev–Trinajstić information content (AvgIpc) is 2.46. The Labute approximate surface area is 124 Å². The van der Waals surface area contributed by atoms with Crippen LogP contribution < -0.4 is 0 Å². The predicted octanol–water partition coefficient (Wildman–Crippen LogP) is 4.33. The van der Waals surface area contributed by atoms with Crippen molar-refractivity contribution in [1.82, 2.24) is 10.2 Å². The number of halogens is 3. The lowest BCUT2D eigenvalue weighted by Gasteiger charge is -2.11. The van der Waals surface area contributed by atoms with Crippen molar-refractivity contribution in [2.24, 2.45) is 0 Å². The van der Waals surface area contributed by atoms with E-state index in [0.29, 0.717) is 16.6 Å². The van der Waals surface area contributed by atoms with E-state index < -0.39 is 17.5 Å². The van der Waals surface area contributed by atoms with Gasteiger partial charge < -0.3 is 5.11 Å². The molecule has 0 saturated heterocycles. The molecular formula is C16H11F3N2O. The van der Waals surface area contributed by atoms with E-state index in [0.717, 1.165) is 23.1 Å². The van der Waals surface area contributed by atoms with E-state index in [1.165, 1.54) is 6.07 Å². The number of phenolic OH excluding ortho intramolecular Hbond substituents is 1. The van der Waals surface area contributed by atoms with Crippen LogP contribution in [-0.4, -0.2) is 15.3 Å². The van der Waals surface area contributed by atoms with Gasteiger partial charge in [0.15, 0.2) is 0 Å². The Morgan fingerprint density at radius 2 is 1.82 bits per heavy atom. The summed E-state index contributed by atoms with van der Waals surface area (Å²) in [4.78, 5) is 0. The molecule has 0 aliphatic rings. The number of nitrogens with zero attached hydrogens (tertiary/aromatic N) is 2. The molecule has 0 amide bonds. The Bertz CT molecular complexity index is 860. The maximum absolute atomic E-state index is 12.7. The Hall–Kier alpha value is -2.63. The number of hydrogen-bond acceptors (Lipinski definition) is 3. The SMILES string of the molecule is Cc1cnnc2c(-c3ccc(C(F)(F)F)cc3O)cccc12. The predicted molar refractivity (Wildman–Crippen MR) is 76.4 cm³/mol. The molecule has 112 valence electrons. The minimum absolute atomic E-state index is 0.290. The van der Waals surface area contributed by atoms with Crippen LogP contribution in [0.4, 0.5) is 13.2 Å². The summed E-state index contributed by atoms with van der Waals surface area (Å²) in [7, 11) is 0. The summed E-state index contributed by atoms with van der Waals surface area (Å²) < 4.78 is 38.0. The van der Waals surface area contributed by atoms with Gasteiger partial charge >= 0.3 is 6.18 Å². The largest absolute Gasteiger partial charge is 0.507 e. The highest BCUT2D eigenvalue weighted by Gasteiger charge is 2.31. The molecule has 3 rings (SSSR count). The van der Waals surface area contributed by atoms with Gasteiger partial charge in [0.2, 0.25) is 0 Å². The number of hydrogen-bond donors (Lipinski definition) is 1. The number of benzene rings is 2. The molecule has 0 spiro atoms. The van der Waals surface area contributed by atoms with Crippen LogP contribution in [0.3, 0.4) is 0 Å². The number of alkyl halides is 3. The second kappa shape index (κ2) is 4.98. The van der Waals surface area contributed by atoms with Gasteiger partial charge in [0.1, 0.15) is 11.3 Å². The van der Waals surface area contributed by atoms with Crippen LogP contribution >= 0.6 is 0 Å². The summed E-state index contributed by atoms with van der Waals surface area (Å²) in [5.41, 5.74) is 1.38. The highest BCUT2D eigenvalue weighted by Crippen LogP contribution is 2.38. The van der Waals surface area contributed by atoms with Gasteiger partial charge in [0.25, 0.3) is 0 Å². The van der Waals surface area contributed by atoms with Gasteiger partial charge in [-0.2, -0.15) is 18.3 Å². The van der Waals surface area contributed by atoms with E-state index >= 15 is 0 Å². The summed E-state index contributed by atoms with van der Waals surface area (Å²) in [6, 6.07) is 8.22. The molecule has 0 aliphatic carbocycles. The molecule has 0 bridgehead atoms. The van der Waals surface area contributed by atoms with Crippen molar-refractivity contribution < 1.29 is 18.3 Å². The van der Waals surface area contributed by atoms with Gasteiger partial charge in [-0.05, 0) is 30.7 Å². The summed E-state index contributed by atoms with van der Waals surface area (Å²) in [6.45, 7) is 1.87. The van der Waals surface area contributed by atoms with Crippen LogP contribution in [0.25, 0.3) is 22.0 Å². The Morgan fingerprint density at radius 1 is 1.05 bits per heavy atom. The van der Waals surface area contributed by atoms with Crippen molar-refractivity contribution in [3.63, 3.8) is 0 Å². The third-order valence-corrected chi connectivity index (χ3v) is 3.49. The molecule has 0 atom stereocenters. The third kappa shape index (κ3) is 2.36. The molecule has 1 heterocycles. The van der Waals surface area contributed by atoms with E-state index in [1.807, 2.05) is 13.0 Å². The fourth-order valence-electron chi connectivity index (χ4n) is 2.37. The first-order chi connectivity index (χ1) is 10.4. The van der Waals surface area contributed by atoms with Crippen molar-refractivity contribution >= 4 is 10.9 Å². The van der Waals surface area contributed by atoms with Crippen LogP contribution in [-0.2, 0) is 6.18 Å². The number of aryl methyl sites for hydroxylation is 1. The molecule has 1 aromatic heterocycles. The lowest BCUT2D eigenvalue weighted by Crippen LogP contribution is -2.04. The first-order valence-electron chi connectivity index (χ1n) is 6.49. The molecule has 3 nitrogen and oxygen atoms in total. The van der Waals surface area contributed by atoms with Crippen molar-refractivity contribution in [3.8, 4) is 16.9 Å². The number of rotatable bonds is 1. The number of fused-ring (bicyclic) bond motifs is 1. The zero-order valence-corrected chi connectivity index (χ0v) is 11.5. The molecule has 6 heteroatoms. The van der Waals surface area contributed by atoms with Crippen molar-refractivity contribution in [2.45, 2.75) is 13.1 Å². The molecule has 0 saturated carbocycles. The lowest BCUT2D eigenvalue weighted by atomic mass is 9.98. The van der Waals surface area contributed by atoms with Crippen molar-refractivity contribution in [1.29, 1.82) is 0 Å². The molecule has 2 aromatic carbocycles. The molecule has 1 N–H and O–H groups in total. The minimum atomic E-state index is -4.49. The van der Waals surface area contributed by atoms with E-state index in [9.17, 15) is 18.3 Å². The zero-order chi connectivity index (χ0) is 15.9. The quantitative estimate of drug-likeness (QED) is 0.728. The highest BCUT2D eigenvalue weighted by atomic mass is 19.4. The van der Waals surface area contributed by atoms with Crippen LogP contribution in [0, 0.1) is 6.92 Å². The summed E-state index contributed by atoms with van der Waals surface area (Å²) in [5.74, 6) is -0.439. The Morgan fingerprint density at radius 3 is 2.50 bits per heavy atom. The van der Waals surface area contributed by atoms with Crippen molar-refractivity contribution in [2.75, 3.05) is 0 Å². The van der Waals surface area contributed by atoms with E-state index in [4.69, 9.17) is 0 Å². The normalized spacial score (nSPS) is 11.8. The smallest absolute Gasteiger partial charge is 0.416 e. The molecule has 0 radical (unpaired) electrons. The lowest BCUT2D eigenvalue weighted by molar-refractivity contribution is -0.137. The standard InChI is InChI=1S/C16H11F3N2O/c1-9-8-20-21-15-11(9)3-2-4-13(15)12-6-5-10(7-14(12)22)16(17,18)19/h2-8,22H,1H3. The summed E-state index contributed by atoms with van der Waals surface area (Å²) >= 11 is 0. The monoisotopic (exact) mass is 304 g/mol. The molecule has 0 unspecified atom stereocenters. The van der Waals surface area contributed by atoms with E-state index in [-0.39, 0.29) is 0 Å². The van der Waals surface area contributed by atoms with Crippen LogP contribution in [0.2, 0.25) is 0 Å². The fourth-order valence-corrected chi connectivity index (χ4v) is 2.37. The van der Waals surface area contributed by atoms with Gasteiger partial charge in [-0.3, -0.25) is 0 Å². The van der Waals surface area contributed by atoms with Crippen molar-refractivity contribution in [3.05, 3.63) is 53.7 Å². The van der Waals surface area contributed by atoms with Gasteiger partial charge in [0.05, 0.1) is 11.8 Å². The second-order valence-corrected chi connectivity index (χ2v) is 4.96. The molecule has 22 heavy (non-hydrogen) atoms. The van der Waals surface area contributed by atoms with Crippen LogP contribution in [0.1, 0.15) is 11.1 Å². The zero-order valence-electron chi connectivity index (χ0n) is 11.5. The Kier molecular flexibility index (Phi) is 3.24. The Balaban J connectivity index is 2.23. The number of aromatic nitrogens is 2. The third-order valence-electron chi connectivity index (χ3n) is 3.49. The minimum Gasteiger partial charge on any atom is -0.507 e. The average molecular weight is 304 g/mol. The number of aromatic hydroxyl groups is 1. The first kappa shape index (κ1) is 14.3. The fraction of sp³-hybridized carbons (Fsp3) is 0.125. The van der Waals surface area contributed by atoms with E-state index in [1.54, 1.807) is 18.3 Å². The molecule has 3 aromatic rings. The summed E-state index contributed by atoms with van der Waals surface area (Å²) in [6.07, 6.45) is -2.89. The van der Waals surface area contributed by atoms with Crippen LogP contribution in [0.5, 0.6) is 5.75 Å². The molecule has 0 aliphatic heterocycles. The van der Waals surface area contributed by atoms with Gasteiger partial charge in [-0.15, -0.1) is 5.10 Å². The topological polar surface area (TPSA) is 46.0 Å². The number of phenols is 1. The van der Waals surface area contributed by atoms with Gasteiger partial charge in [0, 0.05) is 16.5 Å². The highest BCUT2D eigenvalue weighted by molar-refractivity contribution is 5.96. The maximum atomic E-state index is 12.7. The summed E-state index contributed by atoms with van der Waals surface area (Å²) in [5, 5.41) is 18.7. The van der Waals surface area contributed by atoms with Crippen LogP contribution in [0.15, 0.2) is 42.6 Å².